The zero-order valence-corrected chi connectivity index (χ0v) is 8.59. The van der Waals surface area contributed by atoms with Gasteiger partial charge in [0.2, 0.25) is 0 Å². The van der Waals surface area contributed by atoms with E-state index in [0.29, 0.717) is 5.69 Å². The van der Waals surface area contributed by atoms with Gasteiger partial charge in [0, 0.05) is 18.3 Å². The molecule has 0 amide bonds. The molecule has 1 rings (SSSR count). The predicted molar refractivity (Wildman–Crippen MR) is 60.5 cm³/mol. The van der Waals surface area contributed by atoms with Crippen molar-refractivity contribution in [3.05, 3.63) is 18.2 Å². The fraction of sp³-hybridized carbons (Fsp3) is 0.455. The van der Waals surface area contributed by atoms with Crippen LogP contribution in [0.25, 0.3) is 0 Å². The summed E-state index contributed by atoms with van der Waals surface area (Å²) in [6.07, 6.45) is 3.60. The number of nitrogens with one attached hydrogen (secondary N) is 1. The number of benzene rings is 1. The topological polar surface area (TPSA) is 58.3 Å². The molecule has 0 aromatic heterocycles. The highest BCUT2D eigenvalue weighted by molar-refractivity contribution is 5.60. The first-order valence-corrected chi connectivity index (χ1v) is 5.06. The third-order valence-electron chi connectivity index (χ3n) is 2.14. The summed E-state index contributed by atoms with van der Waals surface area (Å²) in [5.41, 5.74) is 6.83. The third kappa shape index (κ3) is 3.17. The summed E-state index contributed by atoms with van der Waals surface area (Å²) >= 11 is 0. The number of hydrogen-bond acceptors (Lipinski definition) is 3. The number of phenols is 1. The van der Waals surface area contributed by atoms with Crippen LogP contribution in [0.15, 0.2) is 18.2 Å². The van der Waals surface area contributed by atoms with E-state index in [0.717, 1.165) is 18.7 Å². The predicted octanol–water partition coefficient (Wildman–Crippen LogP) is 2.58. The average Bonchev–Trinajstić information content (AvgIpc) is 2.18. The van der Waals surface area contributed by atoms with Crippen LogP contribution in [0.3, 0.4) is 0 Å². The van der Waals surface area contributed by atoms with E-state index in [-0.39, 0.29) is 5.75 Å². The van der Waals surface area contributed by atoms with Crippen molar-refractivity contribution >= 4 is 11.4 Å². The van der Waals surface area contributed by atoms with Gasteiger partial charge in [0.1, 0.15) is 5.75 Å². The molecule has 1 aromatic rings. The first-order chi connectivity index (χ1) is 6.74. The van der Waals surface area contributed by atoms with E-state index < -0.39 is 0 Å². The summed E-state index contributed by atoms with van der Waals surface area (Å²) in [6.45, 7) is 3.12. The van der Waals surface area contributed by atoms with Gasteiger partial charge in [0.25, 0.3) is 0 Å². The first kappa shape index (κ1) is 10.7. The number of nitrogen functional groups attached to an aromatic ring is 1. The Morgan fingerprint density at radius 3 is 2.79 bits per heavy atom. The van der Waals surface area contributed by atoms with Gasteiger partial charge in [-0.2, -0.15) is 0 Å². The minimum atomic E-state index is 0.144. The first-order valence-electron chi connectivity index (χ1n) is 5.06. The molecule has 14 heavy (non-hydrogen) atoms. The number of nitrogens with two attached hydrogens (primary N) is 1. The van der Waals surface area contributed by atoms with E-state index in [9.17, 15) is 5.11 Å². The lowest BCUT2D eigenvalue weighted by molar-refractivity contribution is 0.478. The third-order valence-corrected chi connectivity index (χ3v) is 2.14. The van der Waals surface area contributed by atoms with Gasteiger partial charge < -0.3 is 16.2 Å². The fourth-order valence-electron chi connectivity index (χ4n) is 1.26. The number of aromatic hydroxyl groups is 1. The minimum absolute atomic E-state index is 0.144. The molecule has 0 aliphatic carbocycles. The smallest absolute Gasteiger partial charge is 0.140 e. The highest BCUT2D eigenvalue weighted by Gasteiger charge is 1.97. The van der Waals surface area contributed by atoms with Crippen molar-refractivity contribution in [3.8, 4) is 5.75 Å². The van der Waals surface area contributed by atoms with Gasteiger partial charge in [-0.15, -0.1) is 0 Å². The van der Waals surface area contributed by atoms with E-state index in [1.165, 1.54) is 12.8 Å². The van der Waals surface area contributed by atoms with Crippen LogP contribution in [-0.2, 0) is 0 Å². The second-order valence-corrected chi connectivity index (χ2v) is 3.41. The second kappa shape index (κ2) is 5.37. The number of phenolic OH excluding ortho intramolecular Hbond substituents is 1. The van der Waals surface area contributed by atoms with Gasteiger partial charge in [-0.3, -0.25) is 0 Å². The molecule has 0 saturated heterocycles. The molecule has 0 saturated carbocycles. The van der Waals surface area contributed by atoms with Crippen LogP contribution in [0.4, 0.5) is 11.4 Å². The Morgan fingerprint density at radius 2 is 2.14 bits per heavy atom. The molecule has 0 aliphatic heterocycles. The molecule has 78 valence electrons. The molecule has 3 heteroatoms. The lowest BCUT2D eigenvalue weighted by atomic mass is 10.2. The Labute approximate surface area is 84.9 Å². The minimum Gasteiger partial charge on any atom is -0.506 e. The fourth-order valence-corrected chi connectivity index (χ4v) is 1.26. The quantitative estimate of drug-likeness (QED) is 0.383. The van der Waals surface area contributed by atoms with E-state index in [4.69, 9.17) is 5.73 Å². The Morgan fingerprint density at radius 1 is 1.36 bits per heavy atom. The van der Waals surface area contributed by atoms with Gasteiger partial charge >= 0.3 is 0 Å². The summed E-state index contributed by atoms with van der Waals surface area (Å²) in [6, 6.07) is 5.24. The van der Waals surface area contributed by atoms with E-state index in [2.05, 4.69) is 12.2 Å². The van der Waals surface area contributed by atoms with Crippen molar-refractivity contribution in [1.29, 1.82) is 0 Å². The van der Waals surface area contributed by atoms with Crippen LogP contribution in [0.5, 0.6) is 5.75 Å². The highest BCUT2D eigenvalue weighted by Crippen LogP contribution is 2.23. The Kier molecular flexibility index (Phi) is 4.11. The van der Waals surface area contributed by atoms with E-state index >= 15 is 0 Å². The molecule has 0 fully saturated rings. The van der Waals surface area contributed by atoms with Crippen LogP contribution in [0, 0.1) is 0 Å². The Balaban J connectivity index is 2.39. The molecule has 0 atom stereocenters. The molecule has 0 radical (unpaired) electrons. The molecule has 0 unspecified atom stereocenters. The molecule has 3 nitrogen and oxygen atoms in total. The lowest BCUT2D eigenvalue weighted by Gasteiger charge is -2.07. The van der Waals surface area contributed by atoms with E-state index in [1.54, 1.807) is 12.1 Å². The van der Waals surface area contributed by atoms with Crippen LogP contribution < -0.4 is 11.1 Å². The van der Waals surface area contributed by atoms with Gasteiger partial charge in [-0.1, -0.05) is 19.8 Å². The van der Waals surface area contributed by atoms with Gasteiger partial charge in [-0.25, -0.2) is 0 Å². The van der Waals surface area contributed by atoms with Crippen molar-refractivity contribution in [2.45, 2.75) is 26.2 Å². The van der Waals surface area contributed by atoms with Gasteiger partial charge in [0.05, 0.1) is 5.69 Å². The van der Waals surface area contributed by atoms with Crippen LogP contribution in [0.1, 0.15) is 26.2 Å². The molecule has 1 aromatic carbocycles. The number of anilines is 2. The summed E-state index contributed by atoms with van der Waals surface area (Å²) in [7, 11) is 0. The maximum Gasteiger partial charge on any atom is 0.140 e. The standard InChI is InChI=1S/C11H18N2O/c1-2-3-4-7-13-9-5-6-10(12)11(14)8-9/h5-6,8,13-14H,2-4,7,12H2,1H3. The van der Waals surface area contributed by atoms with Crippen molar-refractivity contribution in [1.82, 2.24) is 0 Å². The van der Waals surface area contributed by atoms with Gasteiger partial charge in [0.15, 0.2) is 0 Å². The Bertz CT molecular complexity index is 287. The summed E-state index contributed by atoms with van der Waals surface area (Å²) in [5.74, 6) is 0.144. The number of unbranched alkanes of at least 4 members (excludes halogenated alkanes) is 2. The monoisotopic (exact) mass is 194 g/mol. The molecule has 4 N–H and O–H groups in total. The summed E-state index contributed by atoms with van der Waals surface area (Å²) < 4.78 is 0. The van der Waals surface area contributed by atoms with Crippen LogP contribution in [0.2, 0.25) is 0 Å². The van der Waals surface area contributed by atoms with Crippen LogP contribution >= 0.6 is 0 Å². The SMILES string of the molecule is CCCCCNc1ccc(N)c(O)c1. The Hall–Kier alpha value is -1.38. The maximum absolute atomic E-state index is 9.34. The zero-order valence-electron chi connectivity index (χ0n) is 8.59. The van der Waals surface area contributed by atoms with Crippen LogP contribution in [-0.4, -0.2) is 11.7 Å². The zero-order chi connectivity index (χ0) is 10.4. The molecular formula is C11H18N2O. The van der Waals surface area contributed by atoms with Crippen molar-refractivity contribution in [2.75, 3.05) is 17.6 Å². The van der Waals surface area contributed by atoms with Gasteiger partial charge in [-0.05, 0) is 18.6 Å². The molecular weight excluding hydrogens is 176 g/mol. The van der Waals surface area contributed by atoms with E-state index in [1.807, 2.05) is 6.07 Å². The molecule has 0 aliphatic rings. The second-order valence-electron chi connectivity index (χ2n) is 3.41. The highest BCUT2D eigenvalue weighted by atomic mass is 16.3. The molecule has 0 heterocycles. The van der Waals surface area contributed by atoms with Crippen molar-refractivity contribution in [3.63, 3.8) is 0 Å². The average molecular weight is 194 g/mol. The van der Waals surface area contributed by atoms with Crippen molar-refractivity contribution < 1.29 is 5.11 Å². The number of rotatable bonds is 5. The molecule has 0 spiro atoms. The summed E-state index contributed by atoms with van der Waals surface area (Å²) in [4.78, 5) is 0. The lowest BCUT2D eigenvalue weighted by Crippen LogP contribution is -2.01. The van der Waals surface area contributed by atoms with Crippen molar-refractivity contribution in [2.24, 2.45) is 0 Å². The largest absolute Gasteiger partial charge is 0.506 e. The summed E-state index contributed by atoms with van der Waals surface area (Å²) in [5, 5.41) is 12.6. The normalized spacial score (nSPS) is 10.1. The maximum atomic E-state index is 9.34. The molecule has 0 bridgehead atoms. The number of hydrogen-bond donors (Lipinski definition) is 3.